The Morgan fingerprint density at radius 2 is 0.326 bits per heavy atom. The maximum Gasteiger partial charge on any atom is 0.0768 e. The summed E-state index contributed by atoms with van der Waals surface area (Å²) in [6.07, 6.45) is 0. The first-order valence-electron chi connectivity index (χ1n) is 18.1. The highest BCUT2D eigenvalue weighted by Gasteiger charge is 3.36. The first-order chi connectivity index (χ1) is 18.1. The molecule has 0 aromatic heterocycles. The van der Waals surface area contributed by atoms with Gasteiger partial charge in [-0.1, -0.05) is 187 Å². The molecule has 0 heterocycles. The van der Waals surface area contributed by atoms with Crippen LogP contribution >= 0.6 is 0 Å². The van der Waals surface area contributed by atoms with Crippen molar-refractivity contribution in [2.75, 3.05) is 0 Å². The van der Waals surface area contributed by atoms with Gasteiger partial charge < -0.3 is 0 Å². The fraction of sp³-hybridized carbons (Fsp3) is 1.00. The molecule has 0 bridgehead atoms. The van der Waals surface area contributed by atoms with Crippen molar-refractivity contribution >= 4 is 24.2 Å². The van der Waals surface area contributed by atoms with Gasteiger partial charge in [-0.05, 0) is 66.4 Å². The summed E-state index contributed by atoms with van der Waals surface area (Å²) in [7, 11) is -6.44. The molecule has 0 spiro atoms. The second-order valence-electron chi connectivity index (χ2n) is 25.4. The molecule has 4 fully saturated rings. The second kappa shape index (κ2) is 8.44. The van der Waals surface area contributed by atoms with E-state index in [0.717, 1.165) is 5.92 Å². The Bertz CT molecular complexity index is 873. The van der Waals surface area contributed by atoms with E-state index in [1.165, 1.54) is 0 Å². The van der Waals surface area contributed by atoms with Gasteiger partial charge in [0.15, 0.2) is 0 Å². The third kappa shape index (κ3) is 3.32. The molecule has 0 radical (unpaired) electrons. The predicted molar refractivity (Wildman–Crippen MR) is 206 cm³/mol. The minimum absolute atomic E-state index is 0.309. The van der Waals surface area contributed by atoms with Crippen LogP contribution in [0.4, 0.5) is 0 Å². The van der Waals surface area contributed by atoms with E-state index < -0.39 is 24.2 Å². The van der Waals surface area contributed by atoms with Crippen LogP contribution < -0.4 is 0 Å². The van der Waals surface area contributed by atoms with Crippen molar-refractivity contribution in [3.05, 3.63) is 0 Å². The highest BCUT2D eigenvalue weighted by Crippen LogP contribution is 3.48. The second-order valence-corrected chi connectivity index (χ2v) is 45.7. The average molecular weight is 647 g/mol. The summed E-state index contributed by atoms with van der Waals surface area (Å²) < 4.78 is 0. The molecule has 0 atom stereocenters. The van der Waals surface area contributed by atoms with Gasteiger partial charge in [0.1, 0.15) is 0 Å². The molecule has 0 aromatic carbocycles. The van der Waals surface area contributed by atoms with Gasteiger partial charge in [-0.3, -0.25) is 0 Å². The number of hydrogen-bond donors (Lipinski definition) is 0. The largest absolute Gasteiger partial charge is 0.0768 e. The molecule has 0 unspecified atom stereocenters. The summed E-state index contributed by atoms with van der Waals surface area (Å²) in [6, 6.07) is 0. The predicted octanol–water partition coefficient (Wildman–Crippen LogP) is 15.4. The van der Waals surface area contributed by atoms with Crippen molar-refractivity contribution in [2.24, 2.45) is 5.92 Å². The van der Waals surface area contributed by atoms with Gasteiger partial charge in [0.25, 0.3) is 0 Å². The summed E-state index contributed by atoms with van der Waals surface area (Å²) >= 11 is 0. The zero-order valence-electron chi connectivity index (χ0n) is 35.1. The SMILES string of the molecule is CC(C)(C)[Si](C(C)(C)C)(C(C)(C)C)C12C3C1([Si](C(C)(C)C)(C(C)(C)C)C(C)(C)C)C32[Si](C(C)(C)C)(C(C)(C)C)C(C)(C)C. The van der Waals surface area contributed by atoms with Crippen LogP contribution in [0, 0.1) is 5.92 Å². The lowest BCUT2D eigenvalue weighted by atomic mass is 10.2. The fourth-order valence-corrected chi connectivity index (χ4v) is 62.4. The average Bonchev–Trinajstić information content (AvgIpc) is 3.47. The molecular weight excluding hydrogens is 565 g/mol. The molecule has 254 valence electrons. The maximum atomic E-state index is 2.72. The lowest BCUT2D eigenvalue weighted by Gasteiger charge is -2.64. The molecule has 0 saturated heterocycles. The van der Waals surface area contributed by atoms with Crippen LogP contribution in [0.5, 0.6) is 0 Å². The summed E-state index contributed by atoms with van der Waals surface area (Å²) in [6.45, 7) is 73.6. The first-order valence-corrected chi connectivity index (χ1v) is 24.1. The van der Waals surface area contributed by atoms with E-state index in [0.29, 0.717) is 60.5 Å². The molecule has 4 aliphatic carbocycles. The summed E-state index contributed by atoms with van der Waals surface area (Å²) in [5.41, 5.74) is 0. The lowest BCUT2D eigenvalue weighted by Crippen LogP contribution is -2.63. The third-order valence-corrected chi connectivity index (χ3v) is 42.5. The van der Waals surface area contributed by atoms with Crippen LogP contribution in [-0.2, 0) is 0 Å². The molecule has 3 heteroatoms. The first kappa shape index (κ1) is 38.1. The standard InChI is InChI=1S/C40H82Si3/c1-29(2,3)41(30(4,5)6,31(7,8)9)38-28-39(38,42(32(10,11)12,33(13,14)15)34(16,17)18)40(28,38)43(35(19,20)21,36(22,23)24)37(25,26)27/h28H,1-27H3. The van der Waals surface area contributed by atoms with Gasteiger partial charge in [0.2, 0.25) is 0 Å². The molecule has 0 nitrogen and oxygen atoms in total. The zero-order chi connectivity index (χ0) is 35.1. The Kier molecular flexibility index (Phi) is 7.48. The van der Waals surface area contributed by atoms with Crippen LogP contribution in [0.15, 0.2) is 0 Å². The molecule has 0 N–H and O–H groups in total. The van der Waals surface area contributed by atoms with Gasteiger partial charge in [-0.2, -0.15) is 0 Å². The van der Waals surface area contributed by atoms with Crippen LogP contribution in [0.3, 0.4) is 0 Å². The van der Waals surface area contributed by atoms with Crippen LogP contribution in [-0.4, -0.2) is 24.2 Å². The highest BCUT2D eigenvalue weighted by atomic mass is 28.3. The van der Waals surface area contributed by atoms with Gasteiger partial charge in [0.05, 0.1) is 24.2 Å². The van der Waals surface area contributed by atoms with Crippen LogP contribution in [0.1, 0.15) is 187 Å². The van der Waals surface area contributed by atoms with E-state index >= 15 is 0 Å². The Labute approximate surface area is 276 Å². The van der Waals surface area contributed by atoms with Gasteiger partial charge >= 0.3 is 0 Å². The van der Waals surface area contributed by atoms with Gasteiger partial charge in [0, 0.05) is 0 Å². The zero-order valence-corrected chi connectivity index (χ0v) is 38.1. The smallest absolute Gasteiger partial charge is 0.0625 e. The Hall–Kier alpha value is 0.651. The van der Waals surface area contributed by atoms with Gasteiger partial charge in [-0.25, -0.2) is 0 Å². The van der Waals surface area contributed by atoms with E-state index in [1.807, 2.05) is 0 Å². The minimum Gasteiger partial charge on any atom is -0.0625 e. The Morgan fingerprint density at radius 3 is 0.395 bits per heavy atom. The van der Waals surface area contributed by atoms with Crippen molar-refractivity contribution in [3.8, 4) is 0 Å². The quantitative estimate of drug-likeness (QED) is 0.268. The molecule has 4 aliphatic rings. The van der Waals surface area contributed by atoms with Crippen molar-refractivity contribution < 1.29 is 0 Å². The highest BCUT2D eigenvalue weighted by molar-refractivity contribution is 7.13. The maximum absolute atomic E-state index is 2.72. The third-order valence-electron chi connectivity index (χ3n) is 14.8. The van der Waals surface area contributed by atoms with Crippen molar-refractivity contribution in [1.82, 2.24) is 0 Å². The Balaban J connectivity index is 2.86. The van der Waals surface area contributed by atoms with E-state index in [-0.39, 0.29) is 0 Å². The van der Waals surface area contributed by atoms with Crippen LogP contribution in [0.25, 0.3) is 0 Å². The Morgan fingerprint density at radius 1 is 0.233 bits per heavy atom. The number of hydrogen-bond acceptors (Lipinski definition) is 0. The molecule has 0 amide bonds. The topological polar surface area (TPSA) is 0 Å². The molecule has 0 aromatic rings. The van der Waals surface area contributed by atoms with Crippen molar-refractivity contribution in [1.29, 1.82) is 0 Å². The van der Waals surface area contributed by atoms with E-state index in [4.69, 9.17) is 0 Å². The molecule has 43 heavy (non-hydrogen) atoms. The van der Waals surface area contributed by atoms with Crippen LogP contribution in [0.2, 0.25) is 60.5 Å². The molecule has 0 aliphatic heterocycles. The van der Waals surface area contributed by atoms with E-state index in [2.05, 4.69) is 187 Å². The molecular formula is C40H82Si3. The lowest BCUT2D eigenvalue weighted by molar-refractivity contribution is 0.509. The van der Waals surface area contributed by atoms with Crippen molar-refractivity contribution in [3.63, 3.8) is 0 Å². The molecule has 4 rings (SSSR count). The monoisotopic (exact) mass is 647 g/mol. The van der Waals surface area contributed by atoms with E-state index in [9.17, 15) is 0 Å². The minimum atomic E-state index is -2.15. The summed E-state index contributed by atoms with van der Waals surface area (Å²) in [5, 5.41) is 4.37. The van der Waals surface area contributed by atoms with Gasteiger partial charge in [-0.15, -0.1) is 0 Å². The molecule has 4 saturated carbocycles. The van der Waals surface area contributed by atoms with E-state index in [1.54, 1.807) is 0 Å². The number of rotatable bonds is 3. The normalized spacial score (nSPS) is 31.2. The summed E-state index contributed by atoms with van der Waals surface area (Å²) in [4.78, 5) is 0. The van der Waals surface area contributed by atoms with Crippen molar-refractivity contribution in [2.45, 2.75) is 247 Å². The fourth-order valence-electron chi connectivity index (χ4n) is 19.7. The summed E-state index contributed by atoms with van der Waals surface area (Å²) in [5.74, 6) is 0.936.